The Morgan fingerprint density at radius 2 is 1.03 bits per heavy atom. The van der Waals surface area contributed by atoms with E-state index in [1.54, 1.807) is 0 Å². The van der Waals surface area contributed by atoms with E-state index in [-0.39, 0.29) is 22.3 Å². The third-order valence-electron chi connectivity index (χ3n) is 7.25. The van der Waals surface area contributed by atoms with Crippen LogP contribution in [0.25, 0.3) is 33.1 Å². The molecule has 1 aromatic heterocycles. The van der Waals surface area contributed by atoms with Gasteiger partial charge in [-0.25, -0.2) is 0 Å². The van der Waals surface area contributed by atoms with Gasteiger partial charge in [-0.15, -0.1) is 0 Å². The fraction of sp³-hybridized carbons (Fsp3) is 0.286. The van der Waals surface area contributed by atoms with Gasteiger partial charge in [0.25, 0.3) is 0 Å². The van der Waals surface area contributed by atoms with Gasteiger partial charge in [0, 0.05) is 10.8 Å². The lowest BCUT2D eigenvalue weighted by molar-refractivity contribution is 0.400. The minimum atomic E-state index is -0.688. The Morgan fingerprint density at radius 1 is 0.618 bits per heavy atom. The van der Waals surface area contributed by atoms with Crippen LogP contribution in [-0.4, -0.2) is 10.2 Å². The third-order valence-corrected chi connectivity index (χ3v) is 7.25. The molecule has 0 saturated carbocycles. The fourth-order valence-electron chi connectivity index (χ4n) is 5.63. The number of nitriles is 2. The minimum absolute atomic E-state index is 0.0604. The summed E-state index contributed by atoms with van der Waals surface area (Å²) in [6.07, 6.45) is 8.30. The highest BCUT2D eigenvalue weighted by molar-refractivity contribution is 6.07. The lowest BCUT2D eigenvalue weighted by Crippen LogP contribution is -2.06. The van der Waals surface area contributed by atoms with Gasteiger partial charge in [0.05, 0.1) is 0 Å². The summed E-state index contributed by atoms with van der Waals surface area (Å²) < 4.78 is 12.7. The quantitative estimate of drug-likeness (QED) is 0.301. The lowest BCUT2D eigenvalue weighted by atomic mass is 9.84. The van der Waals surface area contributed by atoms with E-state index in [1.165, 1.54) is 22.3 Å². The van der Waals surface area contributed by atoms with Gasteiger partial charge in [-0.05, 0) is 85.8 Å². The van der Waals surface area contributed by atoms with Gasteiger partial charge < -0.3 is 19.0 Å². The molecule has 0 bridgehead atoms. The molecule has 3 aromatic carbocycles. The van der Waals surface area contributed by atoms with Crippen molar-refractivity contribution in [2.24, 2.45) is 0 Å². The van der Waals surface area contributed by atoms with Gasteiger partial charge in [0.1, 0.15) is 34.4 Å². The first-order valence-electron chi connectivity index (χ1n) is 11.7. The minimum Gasteiger partial charge on any atom is -0.503 e. The summed E-state index contributed by atoms with van der Waals surface area (Å²) in [5.41, 5.74) is 5.53. The average molecular weight is 450 g/mol. The van der Waals surface area contributed by atoms with Gasteiger partial charge in [-0.1, -0.05) is 12.1 Å². The lowest BCUT2D eigenvalue weighted by Gasteiger charge is -2.22. The number of rotatable bonds is 0. The summed E-state index contributed by atoms with van der Waals surface area (Å²) in [6.45, 7) is 0. The van der Waals surface area contributed by atoms with Crippen LogP contribution in [-0.2, 0) is 25.7 Å². The van der Waals surface area contributed by atoms with Crippen LogP contribution in [0.5, 0.6) is 11.5 Å². The van der Waals surface area contributed by atoms with Gasteiger partial charge >= 0.3 is 0 Å². The zero-order valence-electron chi connectivity index (χ0n) is 18.6. The monoisotopic (exact) mass is 450 g/mol. The second kappa shape index (κ2) is 7.71. The molecular weight excluding hydrogens is 428 g/mol. The largest absolute Gasteiger partial charge is 0.503 e. The molecular formula is C28H22N2O4. The van der Waals surface area contributed by atoms with Crippen LogP contribution in [0.2, 0.25) is 0 Å². The van der Waals surface area contributed by atoms with Crippen molar-refractivity contribution in [1.29, 1.82) is 10.5 Å². The SMILES string of the molecule is N#Cc1c(O)c(O)c(C#N)c2oc3ccc4c(c3c3c5c(ccc3oc12)CCCC5)CCCC4. The molecule has 4 aromatic rings. The van der Waals surface area contributed by atoms with E-state index in [0.29, 0.717) is 11.2 Å². The van der Waals surface area contributed by atoms with Gasteiger partial charge in [-0.3, -0.25) is 0 Å². The summed E-state index contributed by atoms with van der Waals surface area (Å²) in [6, 6.07) is 11.8. The Labute approximate surface area is 195 Å². The Morgan fingerprint density at radius 3 is 1.44 bits per heavy atom. The van der Waals surface area contributed by atoms with Crippen molar-refractivity contribution in [1.82, 2.24) is 0 Å². The topological polar surface area (TPSA) is 114 Å². The van der Waals surface area contributed by atoms with Crippen LogP contribution in [0, 0.1) is 22.7 Å². The van der Waals surface area contributed by atoms with Crippen molar-refractivity contribution in [2.45, 2.75) is 51.4 Å². The van der Waals surface area contributed by atoms with Crippen LogP contribution >= 0.6 is 0 Å². The highest BCUT2D eigenvalue weighted by atomic mass is 16.4. The van der Waals surface area contributed by atoms with Crippen LogP contribution in [0.1, 0.15) is 59.1 Å². The van der Waals surface area contributed by atoms with E-state index in [1.807, 2.05) is 24.3 Å². The van der Waals surface area contributed by atoms with E-state index >= 15 is 0 Å². The molecule has 2 aliphatic rings. The summed E-state index contributed by atoms with van der Waals surface area (Å²) in [5, 5.41) is 42.4. The number of phenols is 2. The molecule has 0 atom stereocenters. The predicted octanol–water partition coefficient (Wildman–Crippen LogP) is 6.37. The molecule has 0 unspecified atom stereocenters. The van der Waals surface area contributed by atoms with E-state index in [9.17, 15) is 20.7 Å². The maximum absolute atomic E-state index is 10.5. The highest BCUT2D eigenvalue weighted by Gasteiger charge is 2.25. The van der Waals surface area contributed by atoms with Crippen LogP contribution in [0.3, 0.4) is 0 Å². The zero-order valence-corrected chi connectivity index (χ0v) is 18.6. The first kappa shape index (κ1) is 20.4. The molecule has 6 nitrogen and oxygen atoms in total. The van der Waals surface area contributed by atoms with Crippen LogP contribution in [0.4, 0.5) is 0 Å². The first-order chi connectivity index (χ1) is 16.6. The number of fused-ring (bicyclic) bond motifs is 8. The molecule has 6 rings (SSSR count). The normalized spacial score (nSPS) is 14.9. The standard InChI is InChI=1S/C28H22N2O4/c29-13-19-25(31)26(32)20(14-30)28-27(19)33-21-11-9-15-5-1-3-7-17(15)23(21)24-18-8-4-2-6-16(18)10-12-22(24)34-28/h9-12,31-32H,1-8H2. The Hall–Kier alpha value is -4.16. The van der Waals surface area contributed by atoms with E-state index in [2.05, 4.69) is 12.1 Å². The highest BCUT2D eigenvalue weighted by Crippen LogP contribution is 2.43. The molecule has 0 radical (unpaired) electrons. The Bertz CT molecular complexity index is 1530. The molecule has 1 heterocycles. The predicted molar refractivity (Wildman–Crippen MR) is 127 cm³/mol. The van der Waals surface area contributed by atoms with Crippen molar-refractivity contribution >= 4 is 33.1 Å². The number of aryl methyl sites for hydroxylation is 4. The van der Waals surface area contributed by atoms with Crippen molar-refractivity contribution in [3.8, 4) is 23.6 Å². The molecule has 168 valence electrons. The average Bonchev–Trinajstić information content (AvgIpc) is 2.86. The second-order valence-corrected chi connectivity index (χ2v) is 9.10. The number of hydrogen-bond acceptors (Lipinski definition) is 6. The van der Waals surface area contributed by atoms with E-state index in [4.69, 9.17) is 8.83 Å². The Kier molecular flexibility index (Phi) is 4.64. The maximum Gasteiger partial charge on any atom is 0.193 e. The molecule has 0 amide bonds. The molecule has 0 fully saturated rings. The molecule has 2 aliphatic carbocycles. The van der Waals surface area contributed by atoms with Crippen molar-refractivity contribution in [2.75, 3.05) is 0 Å². The van der Waals surface area contributed by atoms with Crippen molar-refractivity contribution in [3.05, 3.63) is 57.6 Å². The molecule has 0 aliphatic heterocycles. The van der Waals surface area contributed by atoms with E-state index < -0.39 is 11.5 Å². The van der Waals surface area contributed by atoms with Crippen molar-refractivity contribution in [3.63, 3.8) is 0 Å². The van der Waals surface area contributed by atoms with E-state index in [0.717, 1.165) is 62.1 Å². The summed E-state index contributed by atoms with van der Waals surface area (Å²) in [7, 11) is 0. The number of aromatic hydroxyl groups is 2. The number of hydrogen-bond donors (Lipinski definition) is 2. The molecule has 34 heavy (non-hydrogen) atoms. The Balaban J connectivity index is 1.96. The van der Waals surface area contributed by atoms with Crippen LogP contribution < -0.4 is 0 Å². The summed E-state index contributed by atoms with van der Waals surface area (Å²) >= 11 is 0. The molecule has 6 heteroatoms. The smallest absolute Gasteiger partial charge is 0.193 e. The third kappa shape index (κ3) is 2.85. The number of phenolic OH excluding ortho intramolecular Hbond substituents is 2. The number of nitrogens with zero attached hydrogens (tertiary/aromatic N) is 2. The van der Waals surface area contributed by atoms with Gasteiger partial charge in [0.2, 0.25) is 0 Å². The molecule has 0 saturated heterocycles. The molecule has 2 N–H and O–H groups in total. The van der Waals surface area contributed by atoms with Gasteiger partial charge in [0.15, 0.2) is 22.7 Å². The second-order valence-electron chi connectivity index (χ2n) is 9.10. The fourth-order valence-corrected chi connectivity index (χ4v) is 5.63. The van der Waals surface area contributed by atoms with Crippen LogP contribution in [0.15, 0.2) is 33.1 Å². The molecule has 0 spiro atoms. The summed E-state index contributed by atoms with van der Waals surface area (Å²) in [5.74, 6) is -1.38. The first-order valence-corrected chi connectivity index (χ1v) is 11.7. The zero-order chi connectivity index (χ0) is 23.4. The number of benzene rings is 3. The van der Waals surface area contributed by atoms with Crippen molar-refractivity contribution < 1.29 is 19.0 Å². The maximum atomic E-state index is 10.5. The summed E-state index contributed by atoms with van der Waals surface area (Å²) in [4.78, 5) is 0. The van der Waals surface area contributed by atoms with Gasteiger partial charge in [-0.2, -0.15) is 10.5 Å².